The maximum Gasteiger partial charge on any atom is 0.0654 e. The van der Waals surface area contributed by atoms with Crippen molar-refractivity contribution in [3.8, 4) is 0 Å². The van der Waals surface area contributed by atoms with E-state index in [2.05, 4.69) is 27.7 Å². The van der Waals surface area contributed by atoms with E-state index in [9.17, 15) is 0 Å². The zero-order valence-corrected chi connectivity index (χ0v) is 13.1. The maximum absolute atomic E-state index is 6.05. The Morgan fingerprint density at radius 1 is 0.889 bits per heavy atom. The first kappa shape index (κ1) is 16.0. The lowest BCUT2D eigenvalue weighted by molar-refractivity contribution is -0.0428. The molecular weight excluding hydrogens is 220 g/mol. The minimum absolute atomic E-state index is 0.144. The van der Waals surface area contributed by atoms with Crippen LogP contribution >= 0.6 is 0 Å². The third-order valence-electron chi connectivity index (χ3n) is 4.71. The van der Waals surface area contributed by atoms with Gasteiger partial charge in [0.2, 0.25) is 0 Å². The van der Waals surface area contributed by atoms with Crippen LogP contribution in [0.4, 0.5) is 0 Å². The van der Waals surface area contributed by atoms with Crippen LogP contribution in [0, 0.1) is 11.8 Å². The molecule has 1 rings (SSSR count). The minimum atomic E-state index is 0.144. The monoisotopic (exact) mass is 254 g/mol. The second kappa shape index (κ2) is 8.19. The van der Waals surface area contributed by atoms with E-state index in [0.29, 0.717) is 0 Å². The molecule has 1 heteroatoms. The Labute approximate surface area is 115 Å². The van der Waals surface area contributed by atoms with Gasteiger partial charge in [-0.1, -0.05) is 52.4 Å². The molecule has 0 bridgehead atoms. The molecule has 1 aliphatic rings. The zero-order chi connectivity index (χ0) is 13.4. The molecule has 1 nitrogen and oxygen atoms in total. The first-order valence-electron chi connectivity index (χ1n) is 8.19. The number of hydrogen-bond acceptors (Lipinski definition) is 1. The van der Waals surface area contributed by atoms with Gasteiger partial charge in [-0.3, -0.25) is 0 Å². The fourth-order valence-electron chi connectivity index (χ4n) is 3.26. The summed E-state index contributed by atoms with van der Waals surface area (Å²) in [6.07, 6.45) is 12.3. The van der Waals surface area contributed by atoms with Gasteiger partial charge in [0.25, 0.3) is 0 Å². The van der Waals surface area contributed by atoms with Gasteiger partial charge in [0, 0.05) is 6.61 Å². The van der Waals surface area contributed by atoms with E-state index in [1.807, 2.05) is 0 Å². The van der Waals surface area contributed by atoms with Gasteiger partial charge in [-0.05, 0) is 44.9 Å². The molecule has 1 aliphatic carbocycles. The Hall–Kier alpha value is -0.0400. The van der Waals surface area contributed by atoms with E-state index in [-0.39, 0.29) is 5.60 Å². The van der Waals surface area contributed by atoms with E-state index in [1.54, 1.807) is 0 Å². The summed E-state index contributed by atoms with van der Waals surface area (Å²) in [6.45, 7) is 10.2. The molecule has 3 unspecified atom stereocenters. The fourth-order valence-corrected chi connectivity index (χ4v) is 3.26. The van der Waals surface area contributed by atoms with Crippen LogP contribution in [0.5, 0.6) is 0 Å². The molecule has 0 aromatic rings. The molecule has 1 fully saturated rings. The van der Waals surface area contributed by atoms with Crippen molar-refractivity contribution in [1.82, 2.24) is 0 Å². The average molecular weight is 254 g/mol. The van der Waals surface area contributed by atoms with E-state index >= 15 is 0 Å². The van der Waals surface area contributed by atoms with E-state index in [0.717, 1.165) is 18.4 Å². The van der Waals surface area contributed by atoms with Gasteiger partial charge in [0.15, 0.2) is 0 Å². The molecule has 0 heterocycles. The van der Waals surface area contributed by atoms with Gasteiger partial charge in [-0.2, -0.15) is 0 Å². The van der Waals surface area contributed by atoms with Crippen LogP contribution in [0.15, 0.2) is 0 Å². The first-order chi connectivity index (χ1) is 8.56. The summed E-state index contributed by atoms with van der Waals surface area (Å²) in [7, 11) is 0. The van der Waals surface area contributed by atoms with Crippen molar-refractivity contribution >= 4 is 0 Å². The lowest BCUT2D eigenvalue weighted by Crippen LogP contribution is -2.29. The highest BCUT2D eigenvalue weighted by Gasteiger charge is 2.25. The molecule has 3 atom stereocenters. The second-order valence-electron chi connectivity index (χ2n) is 6.81. The fraction of sp³-hybridized carbons (Fsp3) is 1.00. The molecule has 0 spiro atoms. The summed E-state index contributed by atoms with van der Waals surface area (Å²) in [5, 5.41) is 0. The number of ether oxygens (including phenoxy) is 1. The highest BCUT2D eigenvalue weighted by molar-refractivity contribution is 4.77. The van der Waals surface area contributed by atoms with Gasteiger partial charge in [-0.15, -0.1) is 0 Å². The van der Waals surface area contributed by atoms with E-state index < -0.39 is 0 Å². The highest BCUT2D eigenvalue weighted by Crippen LogP contribution is 2.30. The molecule has 0 aromatic carbocycles. The van der Waals surface area contributed by atoms with Crippen LogP contribution in [-0.2, 0) is 4.74 Å². The Kier molecular flexibility index (Phi) is 7.29. The quantitative estimate of drug-likeness (QED) is 0.625. The van der Waals surface area contributed by atoms with Gasteiger partial charge in [-0.25, -0.2) is 0 Å². The maximum atomic E-state index is 6.05. The van der Waals surface area contributed by atoms with Crippen LogP contribution in [0.1, 0.15) is 85.5 Å². The van der Waals surface area contributed by atoms with Crippen LogP contribution in [0.25, 0.3) is 0 Å². The molecule has 0 aromatic heterocycles. The van der Waals surface area contributed by atoms with Crippen molar-refractivity contribution in [1.29, 1.82) is 0 Å². The van der Waals surface area contributed by atoms with Gasteiger partial charge >= 0.3 is 0 Å². The third kappa shape index (κ3) is 6.22. The van der Waals surface area contributed by atoms with Crippen molar-refractivity contribution in [2.45, 2.75) is 91.1 Å². The molecule has 1 saturated carbocycles. The normalized spacial score (nSPS) is 36.7. The van der Waals surface area contributed by atoms with E-state index in [4.69, 9.17) is 4.74 Å². The van der Waals surface area contributed by atoms with Gasteiger partial charge < -0.3 is 4.74 Å². The predicted molar refractivity (Wildman–Crippen MR) is 79.9 cm³/mol. The van der Waals surface area contributed by atoms with Gasteiger partial charge in [0.05, 0.1) is 5.60 Å². The SMILES string of the molecule is CCOC1(C)CCCCC(C)CCCC(C)CC1. The van der Waals surface area contributed by atoms with Crippen molar-refractivity contribution in [2.24, 2.45) is 11.8 Å². The van der Waals surface area contributed by atoms with Crippen LogP contribution in [0.2, 0.25) is 0 Å². The standard InChI is InChI=1S/C17H34O/c1-5-18-17(4)13-7-6-9-15(2)10-8-11-16(3)12-14-17/h15-16H,5-14H2,1-4H3. The third-order valence-corrected chi connectivity index (χ3v) is 4.71. The lowest BCUT2D eigenvalue weighted by atomic mass is 9.85. The number of rotatable bonds is 2. The molecule has 0 saturated heterocycles. The zero-order valence-electron chi connectivity index (χ0n) is 13.1. The molecular formula is C17H34O. The highest BCUT2D eigenvalue weighted by atomic mass is 16.5. The summed E-state index contributed by atoms with van der Waals surface area (Å²) in [4.78, 5) is 0. The Bertz CT molecular complexity index is 214. The molecule has 108 valence electrons. The first-order valence-corrected chi connectivity index (χ1v) is 8.19. The van der Waals surface area contributed by atoms with Crippen molar-refractivity contribution in [2.75, 3.05) is 6.61 Å². The molecule has 0 N–H and O–H groups in total. The van der Waals surface area contributed by atoms with E-state index in [1.165, 1.54) is 57.8 Å². The molecule has 0 radical (unpaired) electrons. The second-order valence-corrected chi connectivity index (χ2v) is 6.81. The number of hydrogen-bond donors (Lipinski definition) is 0. The predicted octanol–water partition coefficient (Wildman–Crippen LogP) is 5.58. The molecule has 0 amide bonds. The Morgan fingerprint density at radius 2 is 1.50 bits per heavy atom. The lowest BCUT2D eigenvalue weighted by Gasteiger charge is -2.31. The smallest absolute Gasteiger partial charge is 0.0654 e. The summed E-state index contributed by atoms with van der Waals surface area (Å²) in [5.74, 6) is 1.80. The summed E-state index contributed by atoms with van der Waals surface area (Å²) in [5.41, 5.74) is 0.144. The average Bonchev–Trinajstić information content (AvgIpc) is 2.32. The Morgan fingerprint density at radius 3 is 2.17 bits per heavy atom. The molecule has 18 heavy (non-hydrogen) atoms. The van der Waals surface area contributed by atoms with Crippen molar-refractivity contribution < 1.29 is 4.74 Å². The summed E-state index contributed by atoms with van der Waals surface area (Å²) < 4.78 is 6.05. The Balaban J connectivity index is 2.51. The largest absolute Gasteiger partial charge is 0.376 e. The summed E-state index contributed by atoms with van der Waals surface area (Å²) in [6, 6.07) is 0. The van der Waals surface area contributed by atoms with Crippen LogP contribution in [0.3, 0.4) is 0 Å². The molecule has 0 aliphatic heterocycles. The van der Waals surface area contributed by atoms with Crippen LogP contribution in [-0.4, -0.2) is 12.2 Å². The topological polar surface area (TPSA) is 9.23 Å². The van der Waals surface area contributed by atoms with Gasteiger partial charge in [0.1, 0.15) is 0 Å². The van der Waals surface area contributed by atoms with Crippen molar-refractivity contribution in [3.63, 3.8) is 0 Å². The van der Waals surface area contributed by atoms with Crippen LogP contribution < -0.4 is 0 Å². The van der Waals surface area contributed by atoms with Crippen molar-refractivity contribution in [3.05, 3.63) is 0 Å². The summed E-state index contributed by atoms with van der Waals surface area (Å²) >= 11 is 0. The minimum Gasteiger partial charge on any atom is -0.376 e.